The summed E-state index contributed by atoms with van der Waals surface area (Å²) in [6.45, 7) is 0.755. The van der Waals surface area contributed by atoms with E-state index in [-0.39, 0.29) is 11.4 Å². The van der Waals surface area contributed by atoms with Gasteiger partial charge in [0.2, 0.25) is 0 Å². The summed E-state index contributed by atoms with van der Waals surface area (Å²) in [5, 5.41) is 11.5. The zero-order chi connectivity index (χ0) is 6.69. The first-order valence-electron chi connectivity index (χ1n) is 3.10. The molecule has 1 heterocycles. The van der Waals surface area contributed by atoms with Gasteiger partial charge in [0.05, 0.1) is 17.5 Å². The molecule has 1 saturated heterocycles. The van der Waals surface area contributed by atoms with Gasteiger partial charge >= 0.3 is 0 Å². The van der Waals surface area contributed by atoms with Crippen LogP contribution in [0.2, 0.25) is 0 Å². The van der Waals surface area contributed by atoms with Crippen molar-refractivity contribution in [2.75, 3.05) is 6.54 Å². The normalized spacial score (nSPS) is 35.6. The van der Waals surface area contributed by atoms with Crippen LogP contribution >= 0.6 is 11.6 Å². The fourth-order valence-corrected chi connectivity index (χ4v) is 1.15. The smallest absolute Gasteiger partial charge is 0.0826 e. The summed E-state index contributed by atoms with van der Waals surface area (Å²) in [4.78, 5) is 0. The van der Waals surface area contributed by atoms with Crippen molar-refractivity contribution in [1.82, 2.24) is 5.32 Å². The van der Waals surface area contributed by atoms with E-state index in [9.17, 15) is 0 Å². The Morgan fingerprint density at radius 2 is 2.33 bits per heavy atom. The zero-order valence-corrected chi connectivity index (χ0v) is 5.86. The third-order valence-electron chi connectivity index (χ3n) is 1.54. The quantitative estimate of drug-likeness (QED) is 0.408. The van der Waals surface area contributed by atoms with Crippen molar-refractivity contribution < 1.29 is 0 Å². The molecule has 2 unspecified atom stereocenters. The van der Waals surface area contributed by atoms with Crippen LogP contribution in [0.25, 0.3) is 0 Å². The Balaban J connectivity index is 2.28. The predicted molar refractivity (Wildman–Crippen MR) is 36.0 cm³/mol. The first kappa shape index (κ1) is 6.85. The molecule has 0 aliphatic carbocycles. The molecule has 0 bridgehead atoms. The molecule has 1 aliphatic heterocycles. The first-order valence-corrected chi connectivity index (χ1v) is 3.53. The van der Waals surface area contributed by atoms with E-state index in [1.54, 1.807) is 0 Å². The van der Waals surface area contributed by atoms with Gasteiger partial charge < -0.3 is 5.32 Å². The summed E-state index contributed by atoms with van der Waals surface area (Å²) >= 11 is 5.72. The second-order valence-electron chi connectivity index (χ2n) is 2.28. The summed E-state index contributed by atoms with van der Waals surface area (Å²) < 4.78 is 0. The molecule has 2 nitrogen and oxygen atoms in total. The van der Waals surface area contributed by atoms with Crippen molar-refractivity contribution in [3.8, 4) is 6.07 Å². The number of hydrogen-bond donors (Lipinski definition) is 1. The molecule has 0 spiro atoms. The molecule has 9 heavy (non-hydrogen) atoms. The second-order valence-corrected chi connectivity index (χ2v) is 2.81. The summed E-state index contributed by atoms with van der Waals surface area (Å²) in [5.74, 6) is 0.181. The van der Waals surface area contributed by atoms with Gasteiger partial charge in [-0.3, -0.25) is 0 Å². The largest absolute Gasteiger partial charge is 0.300 e. The van der Waals surface area contributed by atoms with Gasteiger partial charge in [-0.05, 0) is 12.8 Å². The lowest BCUT2D eigenvalue weighted by atomic mass is 10.0. The van der Waals surface area contributed by atoms with Crippen molar-refractivity contribution in [1.29, 1.82) is 5.26 Å². The summed E-state index contributed by atoms with van der Waals surface area (Å²) in [6.07, 6.45) is 1.86. The molecule has 0 amide bonds. The number of nitrogens with one attached hydrogen (secondary N) is 1. The minimum atomic E-state index is 0.0922. The van der Waals surface area contributed by atoms with Gasteiger partial charge in [-0.1, -0.05) is 0 Å². The Morgan fingerprint density at radius 1 is 1.56 bits per heavy atom. The molecule has 0 saturated carbocycles. The summed E-state index contributed by atoms with van der Waals surface area (Å²) in [5.41, 5.74) is 0.0922. The highest BCUT2D eigenvalue weighted by Crippen LogP contribution is 2.14. The highest BCUT2D eigenvalue weighted by Gasteiger charge is 2.17. The molecule has 1 fully saturated rings. The highest BCUT2D eigenvalue weighted by molar-refractivity contribution is 6.20. The highest BCUT2D eigenvalue weighted by atomic mass is 35.5. The average Bonchev–Trinajstić information content (AvgIpc) is 1.90. The third-order valence-corrected chi connectivity index (χ3v) is 1.91. The molecule has 0 aromatic heterocycles. The maximum atomic E-state index is 8.44. The van der Waals surface area contributed by atoms with Crippen molar-refractivity contribution in [2.45, 2.75) is 18.3 Å². The number of nitrogens with zero attached hydrogens (tertiary/aromatic N) is 1. The van der Waals surface area contributed by atoms with Crippen molar-refractivity contribution in [3.05, 3.63) is 0 Å². The number of hydrogen-bond acceptors (Lipinski definition) is 2. The monoisotopic (exact) mass is 144 g/mol. The predicted octanol–water partition coefficient (Wildman–Crippen LogP) is 1.07. The van der Waals surface area contributed by atoms with Crippen LogP contribution in [0.4, 0.5) is 0 Å². The van der Waals surface area contributed by atoms with Crippen LogP contribution < -0.4 is 5.32 Å². The summed E-state index contributed by atoms with van der Waals surface area (Å²) in [7, 11) is 0. The number of rotatable bonds is 0. The molecule has 1 aliphatic rings. The summed E-state index contributed by atoms with van der Waals surface area (Å²) in [6, 6.07) is 2.20. The van der Waals surface area contributed by atoms with Crippen molar-refractivity contribution >= 4 is 11.6 Å². The van der Waals surface area contributed by atoms with Crippen molar-refractivity contribution in [2.24, 2.45) is 5.92 Å². The lowest BCUT2D eigenvalue weighted by Gasteiger charge is -2.20. The minimum absolute atomic E-state index is 0.0922. The van der Waals surface area contributed by atoms with Crippen LogP contribution in [-0.2, 0) is 0 Å². The number of alkyl halides is 1. The number of piperidine rings is 1. The van der Waals surface area contributed by atoms with Gasteiger partial charge in [-0.2, -0.15) is 5.26 Å². The fraction of sp³-hybridized carbons (Fsp3) is 0.833. The van der Waals surface area contributed by atoms with Crippen LogP contribution in [0.3, 0.4) is 0 Å². The molecule has 3 heteroatoms. The van der Waals surface area contributed by atoms with Gasteiger partial charge in [0, 0.05) is 6.54 Å². The second kappa shape index (κ2) is 3.05. The van der Waals surface area contributed by atoms with Gasteiger partial charge in [0.15, 0.2) is 0 Å². The zero-order valence-electron chi connectivity index (χ0n) is 5.10. The van der Waals surface area contributed by atoms with Gasteiger partial charge in [0.1, 0.15) is 0 Å². The molecular weight excluding hydrogens is 136 g/mol. The van der Waals surface area contributed by atoms with Gasteiger partial charge in [-0.25, -0.2) is 0 Å². The van der Waals surface area contributed by atoms with Crippen LogP contribution in [-0.4, -0.2) is 12.0 Å². The lowest BCUT2D eigenvalue weighted by Crippen LogP contribution is -2.34. The SMILES string of the molecule is N#CC1CCC(Cl)NC1. The average molecular weight is 145 g/mol. The van der Waals surface area contributed by atoms with Crippen LogP contribution in [0.5, 0.6) is 0 Å². The molecule has 0 aromatic rings. The Morgan fingerprint density at radius 3 is 2.78 bits per heavy atom. The Kier molecular flexibility index (Phi) is 2.32. The van der Waals surface area contributed by atoms with Crippen LogP contribution in [0.15, 0.2) is 0 Å². The van der Waals surface area contributed by atoms with Crippen molar-refractivity contribution in [3.63, 3.8) is 0 Å². The molecule has 1 N–H and O–H groups in total. The van der Waals surface area contributed by atoms with Gasteiger partial charge in [-0.15, -0.1) is 11.6 Å². The first-order chi connectivity index (χ1) is 4.33. The Bertz CT molecular complexity index is 122. The molecule has 0 aromatic carbocycles. The van der Waals surface area contributed by atoms with E-state index >= 15 is 0 Å². The standard InChI is InChI=1S/C6H9ClN2/c7-6-2-1-5(3-8)4-9-6/h5-6,9H,1-2,4H2. The van der Waals surface area contributed by atoms with E-state index in [2.05, 4.69) is 11.4 Å². The maximum Gasteiger partial charge on any atom is 0.0826 e. The Labute approximate surface area is 59.8 Å². The van der Waals surface area contributed by atoms with E-state index < -0.39 is 0 Å². The number of nitriles is 1. The minimum Gasteiger partial charge on any atom is -0.300 e. The molecule has 0 radical (unpaired) electrons. The van der Waals surface area contributed by atoms with E-state index in [0.717, 1.165) is 19.4 Å². The van der Waals surface area contributed by atoms with E-state index in [1.807, 2.05) is 0 Å². The van der Waals surface area contributed by atoms with E-state index in [4.69, 9.17) is 16.9 Å². The lowest BCUT2D eigenvalue weighted by molar-refractivity contribution is 0.419. The maximum absolute atomic E-state index is 8.44. The topological polar surface area (TPSA) is 35.8 Å². The van der Waals surface area contributed by atoms with Gasteiger partial charge in [0.25, 0.3) is 0 Å². The van der Waals surface area contributed by atoms with E-state index in [0.29, 0.717) is 0 Å². The Hall–Kier alpha value is -0.260. The van der Waals surface area contributed by atoms with Crippen LogP contribution in [0, 0.1) is 17.2 Å². The molecule has 2 atom stereocenters. The third kappa shape index (κ3) is 1.85. The molecule has 1 rings (SSSR count). The fourth-order valence-electron chi connectivity index (χ4n) is 0.932. The number of halogens is 1. The molecular formula is C6H9ClN2. The van der Waals surface area contributed by atoms with E-state index in [1.165, 1.54) is 0 Å². The molecule has 50 valence electrons. The van der Waals surface area contributed by atoms with Crippen LogP contribution in [0.1, 0.15) is 12.8 Å².